The van der Waals surface area contributed by atoms with Crippen LogP contribution >= 0.6 is 0 Å². The third kappa shape index (κ3) is 4.90. The number of likely N-dealkylation sites (N-methyl/N-ethyl adjacent to an activating group) is 1. The Morgan fingerprint density at radius 1 is 1.39 bits per heavy atom. The van der Waals surface area contributed by atoms with Gasteiger partial charge in [0.05, 0.1) is 4.92 Å². The molecule has 0 fully saturated rings. The lowest BCUT2D eigenvalue weighted by molar-refractivity contribution is -0.386. The van der Waals surface area contributed by atoms with Gasteiger partial charge >= 0.3 is 11.7 Å². The zero-order chi connectivity index (χ0) is 21.0. The number of benzene rings is 1. The van der Waals surface area contributed by atoms with E-state index in [1.165, 1.54) is 49.5 Å². The first kappa shape index (κ1) is 21.0. The van der Waals surface area contributed by atoms with Gasteiger partial charge in [-0.2, -0.15) is 5.10 Å². The molecule has 1 amide bonds. The fourth-order valence-electron chi connectivity index (χ4n) is 2.81. The molecular formula is C18H21FN4O5. The maximum absolute atomic E-state index is 13.2. The number of nitro groups is 1. The van der Waals surface area contributed by atoms with E-state index in [9.17, 15) is 24.1 Å². The van der Waals surface area contributed by atoms with Crippen molar-refractivity contribution < 1.29 is 23.6 Å². The fourth-order valence-corrected chi connectivity index (χ4v) is 2.81. The number of rotatable bonds is 7. The zero-order valence-corrected chi connectivity index (χ0v) is 16.0. The number of hydrogen-bond acceptors (Lipinski definition) is 6. The summed E-state index contributed by atoms with van der Waals surface area (Å²) >= 11 is 0. The Kier molecular flexibility index (Phi) is 6.45. The second kappa shape index (κ2) is 8.59. The van der Waals surface area contributed by atoms with Crippen LogP contribution in [0.3, 0.4) is 0 Å². The van der Waals surface area contributed by atoms with E-state index >= 15 is 0 Å². The molecule has 9 nitrogen and oxygen atoms in total. The molecule has 150 valence electrons. The summed E-state index contributed by atoms with van der Waals surface area (Å²) in [6.45, 7) is 4.17. The number of aryl methyl sites for hydroxylation is 1. The number of amides is 1. The molecule has 2 aromatic rings. The van der Waals surface area contributed by atoms with Crippen molar-refractivity contribution in [2.75, 3.05) is 7.05 Å². The molecule has 0 N–H and O–H groups in total. The van der Waals surface area contributed by atoms with Gasteiger partial charge in [0.15, 0.2) is 6.10 Å². The molecule has 0 aliphatic rings. The maximum atomic E-state index is 13.2. The molecule has 1 aromatic heterocycles. The van der Waals surface area contributed by atoms with Crippen molar-refractivity contribution in [3.63, 3.8) is 0 Å². The van der Waals surface area contributed by atoms with Crippen LogP contribution in [-0.4, -0.2) is 44.6 Å². The highest BCUT2D eigenvalue weighted by Gasteiger charge is 2.25. The summed E-state index contributed by atoms with van der Waals surface area (Å²) in [5.41, 5.74) is 0.854. The largest absolute Gasteiger partial charge is 0.451 e. The van der Waals surface area contributed by atoms with Crippen LogP contribution in [0, 0.1) is 29.8 Å². The van der Waals surface area contributed by atoms with Gasteiger partial charge in [0.25, 0.3) is 5.91 Å². The molecule has 0 spiro atoms. The first-order valence-corrected chi connectivity index (χ1v) is 8.47. The summed E-state index contributed by atoms with van der Waals surface area (Å²) in [4.78, 5) is 36.3. The molecule has 0 saturated carbocycles. The molecule has 1 unspecified atom stereocenters. The second-order valence-corrected chi connectivity index (χ2v) is 6.39. The number of esters is 1. The number of nitrogens with zero attached hydrogens (tertiary/aromatic N) is 4. The Bertz CT molecular complexity index is 911. The average molecular weight is 392 g/mol. The number of carbonyl (C=O) groups is 2. The Labute approximate surface area is 160 Å². The van der Waals surface area contributed by atoms with E-state index in [2.05, 4.69) is 5.10 Å². The van der Waals surface area contributed by atoms with Gasteiger partial charge in [0.2, 0.25) is 0 Å². The third-order valence-electron chi connectivity index (χ3n) is 4.15. The first-order valence-electron chi connectivity index (χ1n) is 8.47. The minimum absolute atomic E-state index is 0.155. The number of halogens is 1. The summed E-state index contributed by atoms with van der Waals surface area (Å²) in [6.07, 6.45) is -1.07. The van der Waals surface area contributed by atoms with Crippen molar-refractivity contribution in [1.82, 2.24) is 14.7 Å². The first-order chi connectivity index (χ1) is 13.1. The van der Waals surface area contributed by atoms with E-state index in [1.54, 1.807) is 12.1 Å². The number of carbonyl (C=O) groups excluding carboxylic acids is 2. The Morgan fingerprint density at radius 2 is 2.07 bits per heavy atom. The normalized spacial score (nSPS) is 11.8. The highest BCUT2D eigenvalue weighted by atomic mass is 19.1. The summed E-state index contributed by atoms with van der Waals surface area (Å²) < 4.78 is 19.5. The van der Waals surface area contributed by atoms with Crippen LogP contribution in [0.4, 0.5) is 10.1 Å². The quantitative estimate of drug-likeness (QED) is 0.406. The Hall–Kier alpha value is -3.30. The summed E-state index contributed by atoms with van der Waals surface area (Å²) in [5, 5.41) is 15.0. The van der Waals surface area contributed by atoms with Gasteiger partial charge in [-0.05, 0) is 38.5 Å². The summed E-state index contributed by atoms with van der Waals surface area (Å²) in [7, 11) is 1.52. The predicted octanol–water partition coefficient (Wildman–Crippen LogP) is 2.14. The van der Waals surface area contributed by atoms with Gasteiger partial charge in [-0.1, -0.05) is 12.1 Å². The van der Waals surface area contributed by atoms with Crippen LogP contribution < -0.4 is 0 Å². The van der Waals surface area contributed by atoms with Gasteiger partial charge in [-0.3, -0.25) is 24.4 Å². The van der Waals surface area contributed by atoms with Gasteiger partial charge in [-0.25, -0.2) is 4.39 Å². The Balaban J connectivity index is 1.97. The van der Waals surface area contributed by atoms with Crippen molar-refractivity contribution in [3.8, 4) is 0 Å². The van der Waals surface area contributed by atoms with Gasteiger partial charge in [0, 0.05) is 13.6 Å². The van der Waals surface area contributed by atoms with Gasteiger partial charge < -0.3 is 9.64 Å². The molecule has 1 atom stereocenters. The SMILES string of the molecule is Cc1nn(CC(=O)OC(C)C(=O)N(C)Cc2cccc(F)c2)c(C)c1[N+](=O)[O-]. The summed E-state index contributed by atoms with van der Waals surface area (Å²) in [6, 6.07) is 5.84. The molecule has 0 radical (unpaired) electrons. The molecule has 1 aromatic carbocycles. The Morgan fingerprint density at radius 3 is 2.64 bits per heavy atom. The smallest absolute Gasteiger partial charge is 0.328 e. The number of ether oxygens (including phenoxy) is 1. The molecular weight excluding hydrogens is 371 g/mol. The van der Waals surface area contributed by atoms with Crippen LogP contribution in [0.15, 0.2) is 24.3 Å². The molecule has 10 heteroatoms. The van der Waals surface area contributed by atoms with Gasteiger partial charge in [0.1, 0.15) is 23.7 Å². The maximum Gasteiger partial charge on any atom is 0.328 e. The van der Waals surface area contributed by atoms with E-state index in [1.807, 2.05) is 0 Å². The van der Waals surface area contributed by atoms with E-state index in [4.69, 9.17) is 4.74 Å². The molecule has 2 rings (SSSR count). The summed E-state index contributed by atoms with van der Waals surface area (Å²) in [5.74, 6) is -1.62. The van der Waals surface area contributed by atoms with Crippen LogP contribution in [0.5, 0.6) is 0 Å². The standard InChI is InChI=1S/C18H21FN4O5/c1-11-17(23(26)27)12(2)22(20-11)10-16(24)28-13(3)18(25)21(4)9-14-6-5-7-15(19)8-14/h5-8,13H,9-10H2,1-4H3. The van der Waals surface area contributed by atoms with Crippen LogP contribution in [0.1, 0.15) is 23.9 Å². The third-order valence-corrected chi connectivity index (χ3v) is 4.15. The van der Waals surface area contributed by atoms with E-state index < -0.39 is 28.7 Å². The van der Waals surface area contributed by atoms with Crippen molar-refractivity contribution in [2.45, 2.75) is 40.0 Å². The van der Waals surface area contributed by atoms with E-state index in [-0.39, 0.29) is 30.2 Å². The molecule has 0 aliphatic carbocycles. The highest BCUT2D eigenvalue weighted by Crippen LogP contribution is 2.21. The van der Waals surface area contributed by atoms with E-state index in [0.29, 0.717) is 5.56 Å². The monoisotopic (exact) mass is 392 g/mol. The number of hydrogen-bond donors (Lipinski definition) is 0. The van der Waals surface area contributed by atoms with Crippen molar-refractivity contribution in [2.24, 2.45) is 0 Å². The average Bonchev–Trinajstić information content (AvgIpc) is 2.87. The van der Waals surface area contributed by atoms with Crippen LogP contribution in [0.25, 0.3) is 0 Å². The van der Waals surface area contributed by atoms with Crippen molar-refractivity contribution in [3.05, 3.63) is 57.1 Å². The molecule has 28 heavy (non-hydrogen) atoms. The minimum atomic E-state index is -1.07. The topological polar surface area (TPSA) is 108 Å². The van der Waals surface area contributed by atoms with Crippen LogP contribution in [-0.2, 0) is 27.4 Å². The molecule has 0 aliphatic heterocycles. The fraction of sp³-hybridized carbons (Fsp3) is 0.389. The zero-order valence-electron chi connectivity index (χ0n) is 16.0. The van der Waals surface area contributed by atoms with E-state index in [0.717, 1.165) is 0 Å². The highest BCUT2D eigenvalue weighted by molar-refractivity contribution is 5.83. The predicted molar refractivity (Wildman–Crippen MR) is 96.8 cm³/mol. The molecule has 0 bridgehead atoms. The lowest BCUT2D eigenvalue weighted by Gasteiger charge is -2.21. The molecule has 1 heterocycles. The second-order valence-electron chi connectivity index (χ2n) is 6.39. The van der Waals surface area contributed by atoms with Crippen molar-refractivity contribution in [1.29, 1.82) is 0 Å². The lowest BCUT2D eigenvalue weighted by atomic mass is 10.2. The van der Waals surface area contributed by atoms with Crippen molar-refractivity contribution >= 4 is 17.6 Å². The van der Waals surface area contributed by atoms with Crippen LogP contribution in [0.2, 0.25) is 0 Å². The van der Waals surface area contributed by atoms with Gasteiger partial charge in [-0.15, -0.1) is 0 Å². The molecule has 0 saturated heterocycles. The lowest BCUT2D eigenvalue weighted by Crippen LogP contribution is -2.37. The minimum Gasteiger partial charge on any atom is -0.451 e. The number of aromatic nitrogens is 2.